The molecule has 0 saturated heterocycles. The van der Waals surface area contributed by atoms with Gasteiger partial charge in [-0.3, -0.25) is 4.21 Å². The summed E-state index contributed by atoms with van der Waals surface area (Å²) in [7, 11) is 1.65. The first kappa shape index (κ1) is 17.3. The van der Waals surface area contributed by atoms with Gasteiger partial charge in [0.05, 0.1) is 18.6 Å². The summed E-state index contributed by atoms with van der Waals surface area (Å²) >= 11 is -0.238. The van der Waals surface area contributed by atoms with Crippen LogP contribution in [0.5, 0.6) is 5.75 Å². The third kappa shape index (κ3) is 6.15. The summed E-state index contributed by atoms with van der Waals surface area (Å²) in [6.45, 7) is 0.354. The molecule has 1 aromatic rings. The molecule has 0 aliphatic heterocycles. The Balaban J connectivity index is 2.84. The quantitative estimate of drug-likeness (QED) is 0.720. The van der Waals surface area contributed by atoms with E-state index in [2.05, 4.69) is 0 Å². The van der Waals surface area contributed by atoms with E-state index in [1.54, 1.807) is 6.07 Å². The summed E-state index contributed by atoms with van der Waals surface area (Å²) in [5, 5.41) is 0. The maximum absolute atomic E-state index is 12.4. The van der Waals surface area contributed by atoms with Gasteiger partial charge in [-0.15, -0.1) is 0 Å². The standard InChI is InChI=1S/C12H15F3O3S2/c1-17-5-6-20(16)8-9-3-4-10(18-2)11(7-9)19-12(13,14)15/h3-4,7H,5-6,8H2,1-2H3. The van der Waals surface area contributed by atoms with Gasteiger partial charge in [0.15, 0.2) is 0 Å². The van der Waals surface area contributed by atoms with E-state index in [0.29, 0.717) is 17.9 Å². The van der Waals surface area contributed by atoms with Crippen molar-refractivity contribution in [2.75, 3.05) is 26.6 Å². The fourth-order valence-electron chi connectivity index (χ4n) is 1.45. The van der Waals surface area contributed by atoms with E-state index in [4.69, 9.17) is 9.47 Å². The lowest BCUT2D eigenvalue weighted by molar-refractivity contribution is -0.0328. The Morgan fingerprint density at radius 1 is 1.30 bits per heavy atom. The molecule has 0 saturated carbocycles. The summed E-state index contributed by atoms with van der Waals surface area (Å²) in [5.74, 6) is 0.696. The maximum atomic E-state index is 12.4. The molecule has 0 aliphatic rings. The number of thioether (sulfide) groups is 1. The number of hydrogen-bond donors (Lipinski definition) is 0. The Bertz CT molecular complexity index is 464. The molecule has 0 aromatic heterocycles. The highest BCUT2D eigenvalue weighted by atomic mass is 32.2. The van der Waals surface area contributed by atoms with E-state index >= 15 is 0 Å². The molecular weight excluding hydrogens is 313 g/mol. The van der Waals surface area contributed by atoms with Crippen LogP contribution in [0.3, 0.4) is 0 Å². The molecule has 1 rings (SSSR count). The lowest BCUT2D eigenvalue weighted by atomic mass is 10.2. The van der Waals surface area contributed by atoms with Crippen molar-refractivity contribution >= 4 is 22.6 Å². The van der Waals surface area contributed by atoms with Crippen LogP contribution in [0.4, 0.5) is 13.2 Å². The van der Waals surface area contributed by atoms with Crippen LogP contribution in [0.25, 0.3) is 0 Å². The van der Waals surface area contributed by atoms with Gasteiger partial charge < -0.3 is 9.47 Å². The van der Waals surface area contributed by atoms with Crippen LogP contribution in [-0.4, -0.2) is 36.3 Å². The molecule has 1 aromatic carbocycles. The number of halogens is 3. The second-order valence-electron chi connectivity index (χ2n) is 3.81. The van der Waals surface area contributed by atoms with Crippen LogP contribution in [0.2, 0.25) is 0 Å². The van der Waals surface area contributed by atoms with Crippen LogP contribution >= 0.6 is 11.8 Å². The Labute approximate surface area is 122 Å². The molecule has 20 heavy (non-hydrogen) atoms. The third-order valence-corrected chi connectivity index (χ3v) is 4.34. The fraction of sp³-hybridized carbons (Fsp3) is 0.500. The molecule has 1 atom stereocenters. The highest BCUT2D eigenvalue weighted by Gasteiger charge is 2.31. The Morgan fingerprint density at radius 2 is 2.00 bits per heavy atom. The predicted molar refractivity (Wildman–Crippen MR) is 73.5 cm³/mol. The van der Waals surface area contributed by atoms with E-state index in [0.717, 1.165) is 0 Å². The molecule has 0 heterocycles. The van der Waals surface area contributed by atoms with Gasteiger partial charge in [0.25, 0.3) is 0 Å². The first-order chi connectivity index (χ1) is 9.35. The van der Waals surface area contributed by atoms with Gasteiger partial charge in [-0.05, 0) is 29.5 Å². The van der Waals surface area contributed by atoms with Gasteiger partial charge in [0.1, 0.15) is 5.75 Å². The predicted octanol–water partition coefficient (Wildman–Crippen LogP) is 3.20. The fourth-order valence-corrected chi connectivity index (χ4v) is 3.21. The van der Waals surface area contributed by atoms with Crippen LogP contribution in [-0.2, 0) is 21.3 Å². The van der Waals surface area contributed by atoms with Crippen molar-refractivity contribution in [3.05, 3.63) is 23.8 Å². The Morgan fingerprint density at radius 3 is 2.55 bits per heavy atom. The average molecular weight is 328 g/mol. The van der Waals surface area contributed by atoms with E-state index in [-0.39, 0.29) is 28.2 Å². The molecule has 1 unspecified atom stereocenters. The zero-order chi connectivity index (χ0) is 15.2. The second-order valence-corrected chi connectivity index (χ2v) is 6.50. The summed E-state index contributed by atoms with van der Waals surface area (Å²) in [4.78, 5) is -0.0266. The molecule has 8 heteroatoms. The molecule has 0 bridgehead atoms. The van der Waals surface area contributed by atoms with Crippen molar-refractivity contribution in [1.82, 2.24) is 0 Å². The smallest absolute Gasteiger partial charge is 0.446 e. The van der Waals surface area contributed by atoms with Gasteiger partial charge in [0, 0.05) is 29.4 Å². The van der Waals surface area contributed by atoms with Crippen molar-refractivity contribution in [2.45, 2.75) is 16.2 Å². The molecule has 114 valence electrons. The van der Waals surface area contributed by atoms with E-state index in [9.17, 15) is 17.4 Å². The Kier molecular flexibility index (Phi) is 6.84. The lowest BCUT2D eigenvalue weighted by Gasteiger charge is -2.12. The summed E-state index contributed by atoms with van der Waals surface area (Å²) in [6, 6.07) is 4.43. The van der Waals surface area contributed by atoms with Gasteiger partial charge in [0.2, 0.25) is 0 Å². The number of alkyl halides is 3. The minimum absolute atomic E-state index is 0.0266. The van der Waals surface area contributed by atoms with E-state index in [1.807, 2.05) is 0 Å². The van der Waals surface area contributed by atoms with Crippen molar-refractivity contribution in [3.63, 3.8) is 0 Å². The van der Waals surface area contributed by atoms with Crippen LogP contribution in [0, 0.1) is 0 Å². The number of benzene rings is 1. The van der Waals surface area contributed by atoms with Crippen molar-refractivity contribution in [3.8, 4) is 5.75 Å². The third-order valence-electron chi connectivity index (χ3n) is 2.30. The van der Waals surface area contributed by atoms with Gasteiger partial charge in [-0.2, -0.15) is 13.2 Å². The minimum atomic E-state index is -4.39. The van der Waals surface area contributed by atoms with Gasteiger partial charge >= 0.3 is 5.51 Å². The van der Waals surface area contributed by atoms with Gasteiger partial charge in [-0.25, -0.2) is 0 Å². The zero-order valence-electron chi connectivity index (χ0n) is 11.0. The normalized spacial score (nSPS) is 13.2. The molecule has 0 N–H and O–H groups in total. The first-order valence-corrected chi connectivity index (χ1v) is 7.92. The molecule has 0 amide bonds. The van der Waals surface area contributed by atoms with Gasteiger partial charge in [-0.1, -0.05) is 6.07 Å². The van der Waals surface area contributed by atoms with Crippen LogP contribution < -0.4 is 4.74 Å². The molecule has 0 aliphatic carbocycles. The van der Waals surface area contributed by atoms with Crippen molar-refractivity contribution in [1.29, 1.82) is 0 Å². The number of ether oxygens (including phenoxy) is 2. The summed E-state index contributed by atoms with van der Waals surface area (Å²) < 4.78 is 58.8. The molecular formula is C12H15F3O3S2. The number of hydrogen-bond acceptors (Lipinski definition) is 4. The number of methoxy groups -OCH3 is 2. The maximum Gasteiger partial charge on any atom is 0.446 e. The lowest BCUT2D eigenvalue weighted by Crippen LogP contribution is -2.07. The first-order valence-electron chi connectivity index (χ1n) is 5.62. The zero-order valence-corrected chi connectivity index (χ0v) is 12.7. The summed E-state index contributed by atoms with van der Waals surface area (Å²) in [5.41, 5.74) is -3.81. The highest BCUT2D eigenvalue weighted by molar-refractivity contribution is 8.00. The van der Waals surface area contributed by atoms with E-state index < -0.39 is 16.3 Å². The topological polar surface area (TPSA) is 35.5 Å². The largest absolute Gasteiger partial charge is 0.496 e. The summed E-state index contributed by atoms with van der Waals surface area (Å²) in [6.07, 6.45) is 0. The SMILES string of the molecule is COCCS(=O)Cc1ccc(OC)c(SC(F)(F)F)c1. The van der Waals surface area contributed by atoms with E-state index in [1.165, 1.54) is 26.4 Å². The van der Waals surface area contributed by atoms with Crippen molar-refractivity contribution < 1.29 is 26.9 Å². The molecule has 3 nitrogen and oxygen atoms in total. The average Bonchev–Trinajstić information content (AvgIpc) is 2.35. The minimum Gasteiger partial charge on any atom is -0.496 e. The monoisotopic (exact) mass is 328 g/mol. The molecule has 0 spiro atoms. The Hall–Kier alpha value is -0.730. The highest BCUT2D eigenvalue weighted by Crippen LogP contribution is 2.41. The van der Waals surface area contributed by atoms with Crippen molar-refractivity contribution in [2.24, 2.45) is 0 Å². The molecule has 0 fully saturated rings. The second kappa shape index (κ2) is 7.90. The van der Waals surface area contributed by atoms with Crippen LogP contribution in [0.1, 0.15) is 5.56 Å². The number of rotatable bonds is 7. The molecule has 0 radical (unpaired) electrons. The van der Waals surface area contributed by atoms with Crippen LogP contribution in [0.15, 0.2) is 23.1 Å².